The van der Waals surface area contributed by atoms with Crippen molar-refractivity contribution in [3.05, 3.63) is 88.2 Å². The largest absolute Gasteiger partial charge is 0.487 e. The number of amides is 1. The molecule has 3 N–H and O–H groups in total. The molecule has 0 radical (unpaired) electrons. The van der Waals surface area contributed by atoms with Crippen LogP contribution in [0.4, 0.5) is 10.5 Å². The third-order valence-corrected chi connectivity index (χ3v) is 4.94. The van der Waals surface area contributed by atoms with E-state index in [2.05, 4.69) is 4.98 Å². The molecule has 0 saturated carbocycles. The number of hydrogen-bond acceptors (Lipinski definition) is 7. The predicted octanol–water partition coefficient (Wildman–Crippen LogP) is 3.07. The quantitative estimate of drug-likeness (QED) is 0.479. The van der Waals surface area contributed by atoms with Crippen molar-refractivity contribution in [2.45, 2.75) is 26.4 Å². The highest BCUT2D eigenvalue weighted by Crippen LogP contribution is 2.29. The van der Waals surface area contributed by atoms with Gasteiger partial charge >= 0.3 is 6.09 Å². The number of carboxylic acid groups (broad SMARTS) is 1. The molecule has 9 nitrogen and oxygen atoms in total. The maximum atomic E-state index is 11.9. The summed E-state index contributed by atoms with van der Waals surface area (Å²) in [6.07, 6.45) is 0.167. The molecule has 0 aliphatic carbocycles. The van der Waals surface area contributed by atoms with E-state index in [0.29, 0.717) is 27.9 Å². The summed E-state index contributed by atoms with van der Waals surface area (Å²) < 4.78 is 5.86. The Balaban J connectivity index is 1.91. The molecule has 0 aliphatic rings. The number of pyridine rings is 1. The minimum absolute atomic E-state index is 0.0924. The molecule has 9 heteroatoms. The minimum atomic E-state index is -1.23. The number of carbonyl (C=O) groups is 1. The molecule has 0 atom stereocenters. The van der Waals surface area contributed by atoms with Gasteiger partial charge in [-0.1, -0.05) is 12.1 Å². The Bertz CT molecular complexity index is 1210. The van der Waals surface area contributed by atoms with E-state index < -0.39 is 19.3 Å². The Morgan fingerprint density at radius 1 is 0.970 bits per heavy atom. The van der Waals surface area contributed by atoms with Gasteiger partial charge in [0.15, 0.2) is 0 Å². The second kappa shape index (κ2) is 10.7. The van der Waals surface area contributed by atoms with Crippen LogP contribution >= 0.6 is 0 Å². The Hall–Kier alpha value is -4.44. The van der Waals surface area contributed by atoms with E-state index in [1.807, 2.05) is 12.1 Å². The molecule has 3 rings (SSSR count). The van der Waals surface area contributed by atoms with Gasteiger partial charge in [-0.05, 0) is 47.5 Å². The molecule has 2 aromatic carbocycles. The smallest absolute Gasteiger partial charge is 0.412 e. The average Bonchev–Trinajstić information content (AvgIpc) is 2.85. The third-order valence-electron chi connectivity index (χ3n) is 4.94. The maximum Gasteiger partial charge on any atom is 0.412 e. The minimum Gasteiger partial charge on any atom is -0.487 e. The number of hydrogen-bond donors (Lipinski definition) is 3. The van der Waals surface area contributed by atoms with Crippen molar-refractivity contribution < 1.29 is 24.9 Å². The van der Waals surface area contributed by atoms with Crippen molar-refractivity contribution in [1.82, 2.24) is 4.98 Å². The second-order valence-electron chi connectivity index (χ2n) is 6.98. The van der Waals surface area contributed by atoms with Crippen LogP contribution in [0.1, 0.15) is 33.5 Å². The van der Waals surface area contributed by atoms with Crippen molar-refractivity contribution in [3.63, 3.8) is 0 Å². The number of aromatic nitrogens is 1. The molecule has 166 valence electrons. The fourth-order valence-corrected chi connectivity index (χ4v) is 3.19. The molecule has 1 heterocycles. The van der Waals surface area contributed by atoms with Crippen LogP contribution in [0.2, 0.25) is 0 Å². The number of aliphatic hydroxyl groups excluding tert-OH is 2. The van der Waals surface area contributed by atoms with Crippen LogP contribution in [-0.2, 0) is 26.4 Å². The summed E-state index contributed by atoms with van der Waals surface area (Å²) in [5.74, 6) is 0.173. The molecular weight excluding hydrogens is 424 g/mol. The molecule has 1 aromatic heterocycles. The number of nitriles is 2. The number of benzene rings is 2. The van der Waals surface area contributed by atoms with Crippen LogP contribution in [0.15, 0.2) is 54.7 Å². The molecular formula is C24H20N4O5. The Morgan fingerprint density at radius 2 is 1.58 bits per heavy atom. The topological polar surface area (TPSA) is 151 Å². The third kappa shape index (κ3) is 5.43. The number of anilines is 1. The molecule has 0 unspecified atom stereocenters. The van der Waals surface area contributed by atoms with E-state index in [-0.39, 0.29) is 24.6 Å². The van der Waals surface area contributed by atoms with Gasteiger partial charge in [-0.3, -0.25) is 9.88 Å². The SMILES string of the molecule is N#Cc1ccc(COc2c(CO)ncc(CN(C(=O)O)c3ccc(C#N)cc3)c2CO)cc1. The van der Waals surface area contributed by atoms with Crippen molar-refractivity contribution in [2.24, 2.45) is 0 Å². The van der Waals surface area contributed by atoms with Crippen LogP contribution in [-0.4, -0.2) is 26.4 Å². The average molecular weight is 444 g/mol. The van der Waals surface area contributed by atoms with Crippen molar-refractivity contribution >= 4 is 11.8 Å². The second-order valence-corrected chi connectivity index (χ2v) is 6.98. The van der Waals surface area contributed by atoms with Crippen LogP contribution in [0.25, 0.3) is 0 Å². The summed E-state index contributed by atoms with van der Waals surface area (Å²) in [6, 6.07) is 16.8. The maximum absolute atomic E-state index is 11.9. The zero-order valence-corrected chi connectivity index (χ0v) is 17.5. The lowest BCUT2D eigenvalue weighted by Gasteiger charge is -2.22. The van der Waals surface area contributed by atoms with E-state index in [1.165, 1.54) is 30.5 Å². The standard InChI is InChI=1S/C24H20N4O5/c25-9-16-1-3-18(4-2-16)15-33-23-21(13-29)19(11-27-22(23)14-30)12-28(24(31)32)20-7-5-17(10-26)6-8-20/h1-8,11,29-30H,12-15H2,(H,31,32). The number of nitrogens with zero attached hydrogens (tertiary/aromatic N) is 4. The van der Waals surface area contributed by atoms with Gasteiger partial charge < -0.3 is 20.1 Å². The summed E-state index contributed by atoms with van der Waals surface area (Å²) in [5, 5.41) is 47.3. The van der Waals surface area contributed by atoms with Crippen molar-refractivity contribution in [2.75, 3.05) is 4.90 Å². The zero-order valence-electron chi connectivity index (χ0n) is 17.5. The number of rotatable bonds is 8. The van der Waals surface area contributed by atoms with Gasteiger partial charge in [-0.2, -0.15) is 10.5 Å². The van der Waals surface area contributed by atoms with E-state index in [4.69, 9.17) is 15.3 Å². The zero-order chi connectivity index (χ0) is 23.8. The molecule has 0 saturated heterocycles. The highest BCUT2D eigenvalue weighted by atomic mass is 16.5. The summed E-state index contributed by atoms with van der Waals surface area (Å²) in [6.45, 7) is -0.944. The van der Waals surface area contributed by atoms with Gasteiger partial charge in [-0.15, -0.1) is 0 Å². The molecule has 33 heavy (non-hydrogen) atoms. The predicted molar refractivity (Wildman–Crippen MR) is 117 cm³/mol. The van der Waals surface area contributed by atoms with E-state index in [1.54, 1.807) is 24.3 Å². The lowest BCUT2D eigenvalue weighted by molar-refractivity contribution is 0.201. The first kappa shape index (κ1) is 23.2. The summed E-state index contributed by atoms with van der Waals surface area (Å²) in [7, 11) is 0. The Labute approximate surface area is 190 Å². The Morgan fingerprint density at radius 3 is 2.09 bits per heavy atom. The first-order valence-electron chi connectivity index (χ1n) is 9.84. The fraction of sp³-hybridized carbons (Fsp3) is 0.167. The molecule has 0 aliphatic heterocycles. The highest BCUT2D eigenvalue weighted by molar-refractivity contribution is 5.86. The van der Waals surface area contributed by atoms with Gasteiger partial charge in [0.2, 0.25) is 0 Å². The number of aliphatic hydroxyl groups is 2. The van der Waals surface area contributed by atoms with Gasteiger partial charge in [-0.25, -0.2) is 4.79 Å². The summed E-state index contributed by atoms with van der Waals surface area (Å²) in [4.78, 5) is 17.2. The highest BCUT2D eigenvalue weighted by Gasteiger charge is 2.21. The lowest BCUT2D eigenvalue weighted by atomic mass is 10.1. The molecule has 1 amide bonds. The fourth-order valence-electron chi connectivity index (χ4n) is 3.19. The van der Waals surface area contributed by atoms with E-state index >= 15 is 0 Å². The summed E-state index contributed by atoms with van der Waals surface area (Å²) >= 11 is 0. The first-order chi connectivity index (χ1) is 16.0. The van der Waals surface area contributed by atoms with Crippen LogP contribution < -0.4 is 9.64 Å². The van der Waals surface area contributed by atoms with Gasteiger partial charge in [0.1, 0.15) is 18.1 Å². The molecule has 3 aromatic rings. The van der Waals surface area contributed by atoms with Crippen molar-refractivity contribution in [1.29, 1.82) is 10.5 Å². The van der Waals surface area contributed by atoms with Crippen molar-refractivity contribution in [3.8, 4) is 17.9 Å². The monoisotopic (exact) mass is 444 g/mol. The van der Waals surface area contributed by atoms with E-state index in [0.717, 1.165) is 10.5 Å². The molecule has 0 bridgehead atoms. The molecule has 0 spiro atoms. The number of ether oxygens (including phenoxy) is 1. The van der Waals surface area contributed by atoms with E-state index in [9.17, 15) is 20.1 Å². The van der Waals surface area contributed by atoms with Gasteiger partial charge in [0.25, 0.3) is 0 Å². The molecule has 0 fully saturated rings. The first-order valence-corrected chi connectivity index (χ1v) is 9.84. The van der Waals surface area contributed by atoms with Gasteiger partial charge in [0.05, 0.1) is 43.0 Å². The van der Waals surface area contributed by atoms with Crippen LogP contribution in [0, 0.1) is 22.7 Å². The van der Waals surface area contributed by atoms with Gasteiger partial charge in [0, 0.05) is 17.4 Å². The normalized spacial score (nSPS) is 10.2. The Kier molecular flexibility index (Phi) is 7.55. The van der Waals surface area contributed by atoms with Crippen LogP contribution in [0.3, 0.4) is 0 Å². The lowest BCUT2D eigenvalue weighted by Crippen LogP contribution is -2.29. The van der Waals surface area contributed by atoms with Crippen LogP contribution in [0.5, 0.6) is 5.75 Å². The summed E-state index contributed by atoms with van der Waals surface area (Å²) in [5.41, 5.74) is 2.92.